The standard InChI is InChI=1S/C11H20O4/c12-8-6-4-2-1-3-5-7-11(14)15-10-9-13/h5,7,12-13H,1-4,6,8-10H2/b7-5+. The number of aliphatic hydroxyl groups is 2. The van der Waals surface area contributed by atoms with E-state index in [9.17, 15) is 4.79 Å². The number of hydrogen-bond acceptors (Lipinski definition) is 4. The third-order valence-corrected chi connectivity index (χ3v) is 1.87. The van der Waals surface area contributed by atoms with Crippen molar-refractivity contribution in [3.05, 3.63) is 12.2 Å². The fourth-order valence-corrected chi connectivity index (χ4v) is 1.10. The van der Waals surface area contributed by atoms with Crippen LogP contribution < -0.4 is 0 Å². The molecule has 0 saturated heterocycles. The van der Waals surface area contributed by atoms with E-state index in [1.54, 1.807) is 6.08 Å². The summed E-state index contributed by atoms with van der Waals surface area (Å²) < 4.78 is 4.63. The Morgan fingerprint density at radius 3 is 2.47 bits per heavy atom. The van der Waals surface area contributed by atoms with Gasteiger partial charge in [0.15, 0.2) is 0 Å². The van der Waals surface area contributed by atoms with Crippen molar-refractivity contribution in [1.82, 2.24) is 0 Å². The number of unbranched alkanes of at least 4 members (excludes halogenated alkanes) is 4. The molecule has 0 aliphatic carbocycles. The lowest BCUT2D eigenvalue weighted by molar-refractivity contribution is -0.138. The van der Waals surface area contributed by atoms with Gasteiger partial charge in [-0.25, -0.2) is 4.79 Å². The number of aliphatic hydroxyl groups excluding tert-OH is 2. The van der Waals surface area contributed by atoms with E-state index in [2.05, 4.69) is 4.74 Å². The van der Waals surface area contributed by atoms with Crippen molar-refractivity contribution in [2.45, 2.75) is 32.1 Å². The molecule has 2 N–H and O–H groups in total. The van der Waals surface area contributed by atoms with E-state index >= 15 is 0 Å². The Morgan fingerprint density at radius 1 is 1.07 bits per heavy atom. The number of allylic oxidation sites excluding steroid dienone is 1. The van der Waals surface area contributed by atoms with E-state index in [-0.39, 0.29) is 19.8 Å². The van der Waals surface area contributed by atoms with E-state index in [1.807, 2.05) is 0 Å². The summed E-state index contributed by atoms with van der Waals surface area (Å²) in [5.74, 6) is -0.403. The van der Waals surface area contributed by atoms with Crippen molar-refractivity contribution in [2.75, 3.05) is 19.8 Å². The smallest absolute Gasteiger partial charge is 0.330 e. The van der Waals surface area contributed by atoms with E-state index < -0.39 is 5.97 Å². The lowest BCUT2D eigenvalue weighted by Crippen LogP contribution is -2.04. The molecule has 0 aromatic heterocycles. The predicted molar refractivity (Wildman–Crippen MR) is 57.4 cm³/mol. The van der Waals surface area contributed by atoms with Gasteiger partial charge in [-0.1, -0.05) is 18.9 Å². The minimum absolute atomic E-state index is 0.0552. The van der Waals surface area contributed by atoms with E-state index in [0.29, 0.717) is 0 Å². The third kappa shape index (κ3) is 11.1. The average Bonchev–Trinajstić information content (AvgIpc) is 2.25. The Morgan fingerprint density at radius 2 is 1.80 bits per heavy atom. The van der Waals surface area contributed by atoms with Crippen molar-refractivity contribution >= 4 is 5.97 Å². The first-order valence-corrected chi connectivity index (χ1v) is 5.36. The van der Waals surface area contributed by atoms with Gasteiger partial charge in [-0.3, -0.25) is 0 Å². The average molecular weight is 216 g/mol. The molecular formula is C11H20O4. The molecular weight excluding hydrogens is 196 g/mol. The van der Waals surface area contributed by atoms with Gasteiger partial charge in [-0.2, -0.15) is 0 Å². The molecule has 0 heterocycles. The van der Waals surface area contributed by atoms with Gasteiger partial charge in [0.2, 0.25) is 0 Å². The van der Waals surface area contributed by atoms with Crippen molar-refractivity contribution in [3.8, 4) is 0 Å². The minimum atomic E-state index is -0.403. The van der Waals surface area contributed by atoms with Crippen LogP contribution in [0.4, 0.5) is 0 Å². The monoisotopic (exact) mass is 216 g/mol. The van der Waals surface area contributed by atoms with Crippen LogP contribution in [0.25, 0.3) is 0 Å². The first kappa shape index (κ1) is 14.1. The van der Waals surface area contributed by atoms with Crippen LogP contribution in [0.3, 0.4) is 0 Å². The van der Waals surface area contributed by atoms with Gasteiger partial charge in [-0.15, -0.1) is 0 Å². The maximum absolute atomic E-state index is 10.9. The molecule has 0 spiro atoms. The molecule has 0 fully saturated rings. The summed E-state index contributed by atoms with van der Waals surface area (Å²) >= 11 is 0. The molecule has 0 rings (SSSR count). The molecule has 0 saturated carbocycles. The highest BCUT2D eigenvalue weighted by atomic mass is 16.5. The summed E-state index contributed by atoms with van der Waals surface area (Å²) in [7, 11) is 0. The second kappa shape index (κ2) is 11.2. The number of ether oxygens (including phenoxy) is 1. The lowest BCUT2D eigenvalue weighted by atomic mass is 10.1. The molecule has 0 unspecified atom stereocenters. The first-order chi connectivity index (χ1) is 7.31. The third-order valence-electron chi connectivity index (χ3n) is 1.87. The molecule has 0 atom stereocenters. The summed E-state index contributed by atoms with van der Waals surface area (Å²) in [5.41, 5.74) is 0. The molecule has 4 heteroatoms. The van der Waals surface area contributed by atoms with Gasteiger partial charge < -0.3 is 14.9 Å². The van der Waals surface area contributed by atoms with E-state index in [1.165, 1.54) is 6.08 Å². The summed E-state index contributed by atoms with van der Waals surface area (Å²) in [6.07, 6.45) is 7.97. The fourth-order valence-electron chi connectivity index (χ4n) is 1.10. The van der Waals surface area contributed by atoms with Gasteiger partial charge in [0, 0.05) is 12.7 Å². The van der Waals surface area contributed by atoms with Gasteiger partial charge in [0.25, 0.3) is 0 Å². The van der Waals surface area contributed by atoms with E-state index in [4.69, 9.17) is 10.2 Å². The molecule has 0 aliphatic heterocycles. The normalized spacial score (nSPS) is 10.8. The van der Waals surface area contributed by atoms with Crippen LogP contribution in [0.1, 0.15) is 32.1 Å². The molecule has 15 heavy (non-hydrogen) atoms. The van der Waals surface area contributed by atoms with Gasteiger partial charge in [0.1, 0.15) is 6.61 Å². The Balaban J connectivity index is 3.26. The van der Waals surface area contributed by atoms with Crippen LogP contribution in [-0.2, 0) is 9.53 Å². The van der Waals surface area contributed by atoms with Crippen LogP contribution in [-0.4, -0.2) is 36.0 Å². The lowest BCUT2D eigenvalue weighted by Gasteiger charge is -1.97. The highest BCUT2D eigenvalue weighted by Crippen LogP contribution is 2.03. The maximum atomic E-state index is 10.9. The Labute approximate surface area is 90.6 Å². The van der Waals surface area contributed by atoms with Crippen LogP contribution in [0.2, 0.25) is 0 Å². The number of carbonyl (C=O) groups excluding carboxylic acids is 1. The van der Waals surface area contributed by atoms with Crippen LogP contribution in [0, 0.1) is 0 Å². The number of rotatable bonds is 9. The zero-order chi connectivity index (χ0) is 11.4. The van der Waals surface area contributed by atoms with E-state index in [0.717, 1.165) is 32.1 Å². The highest BCUT2D eigenvalue weighted by molar-refractivity contribution is 5.81. The molecule has 4 nitrogen and oxygen atoms in total. The quantitative estimate of drug-likeness (QED) is 0.343. The largest absolute Gasteiger partial charge is 0.460 e. The van der Waals surface area contributed by atoms with Crippen molar-refractivity contribution in [3.63, 3.8) is 0 Å². The Bertz CT molecular complexity index is 177. The minimum Gasteiger partial charge on any atom is -0.460 e. The van der Waals surface area contributed by atoms with Crippen LogP contribution in [0.15, 0.2) is 12.2 Å². The SMILES string of the molecule is O=C(/C=C/CCCCCCO)OCCO. The topological polar surface area (TPSA) is 66.8 Å². The van der Waals surface area contributed by atoms with Gasteiger partial charge in [0.05, 0.1) is 6.61 Å². The summed E-state index contributed by atoms with van der Waals surface area (Å²) in [5, 5.41) is 16.9. The maximum Gasteiger partial charge on any atom is 0.330 e. The second-order valence-electron chi connectivity index (χ2n) is 3.22. The molecule has 0 aromatic rings. The molecule has 0 aliphatic rings. The summed E-state index contributed by atoms with van der Waals surface area (Å²) in [6.45, 7) is 0.170. The fraction of sp³-hybridized carbons (Fsp3) is 0.727. The van der Waals surface area contributed by atoms with Crippen LogP contribution >= 0.6 is 0 Å². The highest BCUT2D eigenvalue weighted by Gasteiger charge is 1.94. The van der Waals surface area contributed by atoms with Gasteiger partial charge >= 0.3 is 5.97 Å². The molecule has 88 valence electrons. The zero-order valence-electron chi connectivity index (χ0n) is 9.02. The van der Waals surface area contributed by atoms with Crippen molar-refractivity contribution in [1.29, 1.82) is 0 Å². The summed E-state index contributed by atoms with van der Waals surface area (Å²) in [6, 6.07) is 0. The number of carbonyl (C=O) groups is 1. The van der Waals surface area contributed by atoms with Crippen LogP contribution in [0.5, 0.6) is 0 Å². The number of esters is 1. The summed E-state index contributed by atoms with van der Waals surface area (Å²) in [4.78, 5) is 10.9. The molecule has 0 radical (unpaired) electrons. The second-order valence-corrected chi connectivity index (χ2v) is 3.22. The predicted octanol–water partition coefficient (Wildman–Crippen LogP) is 1.02. The Kier molecular flexibility index (Phi) is 10.6. The number of hydrogen-bond donors (Lipinski definition) is 2. The molecule has 0 bridgehead atoms. The molecule has 0 aromatic carbocycles. The van der Waals surface area contributed by atoms with Crippen molar-refractivity contribution in [2.24, 2.45) is 0 Å². The molecule has 0 amide bonds. The van der Waals surface area contributed by atoms with Crippen molar-refractivity contribution < 1.29 is 19.7 Å². The zero-order valence-corrected chi connectivity index (χ0v) is 9.02. The van der Waals surface area contributed by atoms with Gasteiger partial charge in [-0.05, 0) is 19.3 Å². The Hall–Kier alpha value is -0.870. The first-order valence-electron chi connectivity index (χ1n) is 5.36.